The summed E-state index contributed by atoms with van der Waals surface area (Å²) in [5.74, 6) is -14.7. The molecule has 0 radical (unpaired) electrons. The van der Waals surface area contributed by atoms with E-state index < -0.39 is 71.7 Å². The number of aromatic nitrogens is 1. The predicted octanol–water partition coefficient (Wildman–Crippen LogP) is 5.41. The highest BCUT2D eigenvalue weighted by molar-refractivity contribution is 9.10. The van der Waals surface area contributed by atoms with Crippen LogP contribution in [0.25, 0.3) is 20.8 Å². The van der Waals surface area contributed by atoms with Crippen molar-refractivity contribution >= 4 is 37.5 Å². The van der Waals surface area contributed by atoms with Crippen LogP contribution in [0.3, 0.4) is 0 Å². The van der Waals surface area contributed by atoms with Gasteiger partial charge in [-0.2, -0.15) is 4.39 Å². The van der Waals surface area contributed by atoms with Gasteiger partial charge in [0.2, 0.25) is 11.6 Å². The lowest BCUT2D eigenvalue weighted by Gasteiger charge is -2.06. The zero-order valence-corrected chi connectivity index (χ0v) is 13.2. The third kappa shape index (κ3) is 2.18. The minimum absolute atomic E-state index is 0.187. The summed E-state index contributed by atoms with van der Waals surface area (Å²) in [6, 6.07) is 0. The number of thiazole rings is 1. The van der Waals surface area contributed by atoms with Crippen LogP contribution in [0, 0.1) is 40.7 Å². The first-order valence-corrected chi connectivity index (χ1v) is 7.45. The number of hydrogen-bond acceptors (Lipinski definition) is 3. The zero-order chi connectivity index (χ0) is 17.9. The monoisotopic (exact) mass is 431 g/mol. The van der Waals surface area contributed by atoms with Gasteiger partial charge in [-0.1, -0.05) is 0 Å². The summed E-state index contributed by atoms with van der Waals surface area (Å²) in [5, 5.41) is 8.71. The van der Waals surface area contributed by atoms with Gasteiger partial charge in [-0.05, 0) is 15.9 Å². The highest BCUT2D eigenvalue weighted by Gasteiger charge is 2.30. The van der Waals surface area contributed by atoms with Crippen LogP contribution in [-0.4, -0.2) is 10.1 Å². The maximum Gasteiger partial charge on any atom is 0.204 e. The molecule has 1 N–H and O–H groups in total. The summed E-state index contributed by atoms with van der Waals surface area (Å²) in [7, 11) is 0. The number of hydrogen-bond donors (Lipinski definition) is 1. The number of benzene rings is 2. The summed E-state index contributed by atoms with van der Waals surface area (Å²) in [6.45, 7) is 0. The molecule has 0 spiro atoms. The van der Waals surface area contributed by atoms with Crippen LogP contribution in [-0.2, 0) is 0 Å². The fourth-order valence-corrected chi connectivity index (χ4v) is 3.48. The number of rotatable bonds is 1. The molecule has 1 heterocycles. The topological polar surface area (TPSA) is 33.1 Å². The predicted molar refractivity (Wildman–Crippen MR) is 74.1 cm³/mol. The normalized spacial score (nSPS) is 11.5. The van der Waals surface area contributed by atoms with Gasteiger partial charge in [0.05, 0.1) is 14.7 Å². The molecule has 0 aliphatic carbocycles. The van der Waals surface area contributed by atoms with Crippen molar-refractivity contribution in [3.8, 4) is 16.3 Å². The standard InChI is InChI=1S/C13HBrF7NOS/c14-2-4(16)8(20)10-12(5(2)17)24-13(22-10)1-3(15)6(18)7(19)9(21)11(1)23/h23H. The molecule has 3 rings (SSSR count). The average molecular weight is 432 g/mol. The van der Waals surface area contributed by atoms with E-state index in [4.69, 9.17) is 0 Å². The molecular weight excluding hydrogens is 431 g/mol. The van der Waals surface area contributed by atoms with E-state index >= 15 is 0 Å². The molecule has 0 aliphatic rings. The third-order valence-corrected chi connectivity index (χ3v) is 4.83. The van der Waals surface area contributed by atoms with Crippen molar-refractivity contribution < 1.29 is 35.8 Å². The first-order chi connectivity index (χ1) is 11.2. The summed E-state index contributed by atoms with van der Waals surface area (Å²) >= 11 is 2.66. The lowest BCUT2D eigenvalue weighted by atomic mass is 10.1. The van der Waals surface area contributed by atoms with Gasteiger partial charge in [0.15, 0.2) is 34.8 Å². The molecule has 2 aromatic carbocycles. The van der Waals surface area contributed by atoms with Crippen LogP contribution in [0.5, 0.6) is 5.75 Å². The van der Waals surface area contributed by atoms with E-state index in [0.717, 1.165) is 0 Å². The molecular formula is C13HBrF7NOS. The Morgan fingerprint density at radius 2 is 1.33 bits per heavy atom. The molecule has 0 saturated carbocycles. The van der Waals surface area contributed by atoms with E-state index in [1.807, 2.05) is 0 Å². The van der Waals surface area contributed by atoms with Gasteiger partial charge in [0.25, 0.3) is 0 Å². The molecule has 1 aromatic heterocycles. The Labute approximate surface area is 140 Å². The number of nitrogens with zero attached hydrogens (tertiary/aromatic N) is 1. The fourth-order valence-electron chi connectivity index (χ4n) is 1.94. The first-order valence-electron chi connectivity index (χ1n) is 5.84. The maximum absolute atomic E-state index is 13.9. The SMILES string of the molecule is Oc1c(F)c(F)c(F)c(F)c1-c1nc2c(F)c(F)c(Br)c(F)c2s1. The second-order valence-corrected chi connectivity index (χ2v) is 6.22. The summed E-state index contributed by atoms with van der Waals surface area (Å²) < 4.78 is 93.4. The van der Waals surface area contributed by atoms with Gasteiger partial charge in [0.1, 0.15) is 10.5 Å². The number of aromatic hydroxyl groups is 1. The number of fused-ring (bicyclic) bond motifs is 1. The molecule has 0 fully saturated rings. The van der Waals surface area contributed by atoms with Crippen molar-refractivity contribution in [1.82, 2.24) is 4.98 Å². The second-order valence-electron chi connectivity index (χ2n) is 4.43. The van der Waals surface area contributed by atoms with Crippen molar-refractivity contribution in [1.29, 1.82) is 0 Å². The molecule has 2 nitrogen and oxygen atoms in total. The molecule has 3 aromatic rings. The summed E-state index contributed by atoms with van der Waals surface area (Å²) in [4.78, 5) is 3.37. The van der Waals surface area contributed by atoms with Crippen molar-refractivity contribution in [3.63, 3.8) is 0 Å². The van der Waals surface area contributed by atoms with E-state index in [9.17, 15) is 35.8 Å². The molecule has 24 heavy (non-hydrogen) atoms. The Morgan fingerprint density at radius 3 is 1.96 bits per heavy atom. The van der Waals surface area contributed by atoms with Crippen molar-refractivity contribution in [3.05, 3.63) is 45.2 Å². The molecule has 11 heteroatoms. The average Bonchev–Trinajstić information content (AvgIpc) is 2.99. The minimum atomic E-state index is -2.26. The van der Waals surface area contributed by atoms with Gasteiger partial charge in [-0.3, -0.25) is 0 Å². The minimum Gasteiger partial charge on any atom is -0.504 e. The van der Waals surface area contributed by atoms with E-state index in [2.05, 4.69) is 20.9 Å². The molecule has 0 saturated heterocycles. The number of halogens is 8. The molecule has 0 unspecified atom stereocenters. The molecule has 0 aliphatic heterocycles. The van der Waals surface area contributed by atoms with Crippen LogP contribution in [0.2, 0.25) is 0 Å². The van der Waals surface area contributed by atoms with Crippen LogP contribution < -0.4 is 0 Å². The highest BCUT2D eigenvalue weighted by atomic mass is 79.9. The van der Waals surface area contributed by atoms with Crippen molar-refractivity contribution in [2.24, 2.45) is 0 Å². The highest BCUT2D eigenvalue weighted by Crippen LogP contribution is 2.43. The lowest BCUT2D eigenvalue weighted by Crippen LogP contribution is -1.99. The Morgan fingerprint density at radius 1 is 0.750 bits per heavy atom. The van der Waals surface area contributed by atoms with Gasteiger partial charge in [-0.15, -0.1) is 11.3 Å². The quantitative estimate of drug-likeness (QED) is 0.317. The fraction of sp³-hybridized carbons (Fsp3) is 0. The maximum atomic E-state index is 13.9. The van der Waals surface area contributed by atoms with Crippen LogP contribution in [0.15, 0.2) is 4.47 Å². The Hall–Kier alpha value is -1.88. The Kier molecular flexibility index (Phi) is 3.95. The molecule has 0 bridgehead atoms. The van der Waals surface area contributed by atoms with E-state index in [1.54, 1.807) is 0 Å². The summed E-state index contributed by atoms with van der Waals surface area (Å²) in [6.07, 6.45) is 0. The van der Waals surface area contributed by atoms with Crippen LogP contribution in [0.1, 0.15) is 0 Å². The number of phenolic OH excluding ortho intramolecular Hbond substituents is 1. The van der Waals surface area contributed by atoms with Gasteiger partial charge >= 0.3 is 0 Å². The second kappa shape index (κ2) is 5.59. The lowest BCUT2D eigenvalue weighted by molar-refractivity contribution is 0.368. The van der Waals surface area contributed by atoms with Gasteiger partial charge in [-0.25, -0.2) is 31.3 Å². The molecule has 126 valence electrons. The van der Waals surface area contributed by atoms with Gasteiger partial charge in [0, 0.05) is 0 Å². The summed E-state index contributed by atoms with van der Waals surface area (Å²) in [5.41, 5.74) is -2.11. The third-order valence-electron chi connectivity index (χ3n) is 3.07. The largest absolute Gasteiger partial charge is 0.504 e. The van der Waals surface area contributed by atoms with Gasteiger partial charge < -0.3 is 5.11 Å². The Bertz CT molecular complexity index is 946. The van der Waals surface area contributed by atoms with E-state index in [0.29, 0.717) is 0 Å². The van der Waals surface area contributed by atoms with Crippen molar-refractivity contribution in [2.75, 3.05) is 0 Å². The van der Waals surface area contributed by atoms with Crippen LogP contribution in [0.4, 0.5) is 30.7 Å². The smallest absolute Gasteiger partial charge is 0.204 e. The van der Waals surface area contributed by atoms with Crippen LogP contribution >= 0.6 is 27.3 Å². The first kappa shape index (κ1) is 17.0. The molecule has 0 atom stereocenters. The van der Waals surface area contributed by atoms with E-state index in [-0.39, 0.29) is 11.3 Å². The zero-order valence-electron chi connectivity index (χ0n) is 10.8. The van der Waals surface area contributed by atoms with Crippen molar-refractivity contribution in [2.45, 2.75) is 0 Å². The Balaban J connectivity index is 2.42. The number of phenols is 1. The van der Waals surface area contributed by atoms with E-state index in [1.165, 1.54) is 0 Å². The molecule has 0 amide bonds.